The molecule has 5 heteroatoms. The number of carbonyl (C=O) groups is 1. The molecule has 1 aromatic carbocycles. The van der Waals surface area contributed by atoms with E-state index in [-0.39, 0.29) is 67.4 Å². The van der Waals surface area contributed by atoms with E-state index < -0.39 is 0 Å². The Hall–Kier alpha value is -0.108. The van der Waals surface area contributed by atoms with Crippen LogP contribution in [0.1, 0.15) is 19.4 Å². The van der Waals surface area contributed by atoms with Gasteiger partial charge in [0.15, 0.2) is 0 Å². The van der Waals surface area contributed by atoms with Crippen LogP contribution in [0.2, 0.25) is 0 Å². The number of carbonyl (C=O) groups excluding carboxylic acids is 1. The van der Waals surface area contributed by atoms with Crippen molar-refractivity contribution in [2.24, 2.45) is 0 Å². The summed E-state index contributed by atoms with van der Waals surface area (Å²) < 4.78 is 0. The van der Waals surface area contributed by atoms with Gasteiger partial charge in [0.1, 0.15) is 5.75 Å². The summed E-state index contributed by atoms with van der Waals surface area (Å²) in [6, 6.07) is 6.79. The molecule has 1 fully saturated rings. The van der Waals surface area contributed by atoms with Crippen LogP contribution >= 0.6 is 0 Å². The van der Waals surface area contributed by atoms with E-state index in [2.05, 4.69) is 5.32 Å². The predicted molar refractivity (Wildman–Crippen MR) is 65.6 cm³/mol. The molecule has 1 aromatic rings. The van der Waals surface area contributed by atoms with Gasteiger partial charge >= 0.3 is 0 Å². The van der Waals surface area contributed by atoms with Crippen molar-refractivity contribution in [2.45, 2.75) is 32.0 Å². The van der Waals surface area contributed by atoms with Gasteiger partial charge in [-0.25, -0.2) is 0 Å². The summed E-state index contributed by atoms with van der Waals surface area (Å²) in [7, 11) is 1.81. The fraction of sp³-hybridized carbons (Fsp3) is 0.462. The molecule has 1 heterocycles. The van der Waals surface area contributed by atoms with Crippen molar-refractivity contribution in [1.29, 1.82) is 0 Å². The third-order valence-electron chi connectivity index (χ3n) is 3.37. The zero-order chi connectivity index (χ0) is 12.6. The van der Waals surface area contributed by atoms with Gasteiger partial charge in [-0.05, 0) is 38.0 Å². The van der Waals surface area contributed by atoms with Crippen LogP contribution < -0.4 is 5.32 Å². The first-order valence-electron chi connectivity index (χ1n) is 5.73. The van der Waals surface area contributed by atoms with Gasteiger partial charge in [-0.2, -0.15) is 0 Å². The van der Waals surface area contributed by atoms with Gasteiger partial charge in [-0.15, -0.1) is 0 Å². The monoisotopic (exact) mass is 461 g/mol. The molecule has 1 atom stereocenters. The van der Waals surface area contributed by atoms with Crippen molar-refractivity contribution in [1.82, 2.24) is 10.2 Å². The molecule has 0 saturated carbocycles. The normalized spacial score (nSPS) is 21.8. The fourth-order valence-corrected chi connectivity index (χ4v) is 2.10. The largest absolute Gasteiger partial charge is 0.508 e. The molecule has 95 valence electrons. The smallest absolute Gasteiger partial charge is 0.241 e. The SMILES string of the molecule is CN1C(=O)[C@H](Cc2ccc(O)cc2)NC1(C)C.[Ac]. The van der Waals surface area contributed by atoms with Crippen LogP contribution in [0, 0.1) is 44.1 Å². The van der Waals surface area contributed by atoms with E-state index >= 15 is 0 Å². The summed E-state index contributed by atoms with van der Waals surface area (Å²) in [6.07, 6.45) is 0.646. The Balaban J connectivity index is 0.00000162. The van der Waals surface area contributed by atoms with Crippen molar-refractivity contribution in [2.75, 3.05) is 7.05 Å². The van der Waals surface area contributed by atoms with Gasteiger partial charge in [-0.1, -0.05) is 12.1 Å². The molecule has 0 bridgehead atoms. The topological polar surface area (TPSA) is 52.6 Å². The number of hydrogen-bond acceptors (Lipinski definition) is 3. The number of rotatable bonds is 2. The first-order valence-corrected chi connectivity index (χ1v) is 5.73. The Morgan fingerprint density at radius 1 is 1.33 bits per heavy atom. The number of nitrogens with zero attached hydrogens (tertiary/aromatic N) is 1. The van der Waals surface area contributed by atoms with Crippen LogP contribution in [-0.2, 0) is 11.2 Å². The minimum atomic E-state index is -0.293. The Morgan fingerprint density at radius 2 is 1.89 bits per heavy atom. The van der Waals surface area contributed by atoms with Gasteiger partial charge in [0.2, 0.25) is 5.91 Å². The minimum absolute atomic E-state index is 0. The van der Waals surface area contributed by atoms with E-state index in [1.165, 1.54) is 0 Å². The van der Waals surface area contributed by atoms with Crippen molar-refractivity contribution in [3.8, 4) is 5.75 Å². The van der Waals surface area contributed by atoms with Crippen molar-refractivity contribution >= 4 is 5.91 Å². The van der Waals surface area contributed by atoms with Crippen LogP contribution in [0.25, 0.3) is 0 Å². The molecule has 0 spiro atoms. The zero-order valence-electron chi connectivity index (χ0n) is 11.0. The summed E-state index contributed by atoms with van der Waals surface area (Å²) in [5, 5.41) is 12.5. The molecular formula is C13H18AcN2O2. The van der Waals surface area contributed by atoms with Crippen LogP contribution in [0.4, 0.5) is 0 Å². The Kier molecular flexibility index (Phi) is 5.23. The number of benzene rings is 1. The van der Waals surface area contributed by atoms with Crippen LogP contribution in [-0.4, -0.2) is 34.7 Å². The third kappa shape index (κ3) is 3.26. The van der Waals surface area contributed by atoms with E-state index in [0.29, 0.717) is 6.42 Å². The number of amides is 1. The van der Waals surface area contributed by atoms with Crippen LogP contribution in [0.15, 0.2) is 24.3 Å². The summed E-state index contributed by atoms with van der Waals surface area (Å²) in [4.78, 5) is 13.7. The maximum atomic E-state index is 12.0. The first kappa shape index (κ1) is 15.9. The Morgan fingerprint density at radius 3 is 2.33 bits per heavy atom. The second-order valence-electron chi connectivity index (χ2n) is 5.02. The Bertz CT molecular complexity index is 431. The summed E-state index contributed by atoms with van der Waals surface area (Å²) >= 11 is 0. The molecular weight excluding hydrogens is 443 g/mol. The summed E-state index contributed by atoms with van der Waals surface area (Å²) in [5.74, 6) is 0.361. The number of phenols is 1. The quantitative estimate of drug-likeness (QED) is 0.694. The molecule has 0 aromatic heterocycles. The zero-order valence-corrected chi connectivity index (χ0v) is 15.7. The third-order valence-corrected chi connectivity index (χ3v) is 3.37. The van der Waals surface area contributed by atoms with Gasteiger partial charge in [0.05, 0.1) is 11.7 Å². The standard InChI is InChI=1S/C13H18N2O2.Ac/c1-13(2)14-11(12(17)15(13)3)8-9-4-6-10(16)7-5-9;/h4-7,11,14,16H,8H2,1-3H3;/t11-;/m0./s1. The van der Waals surface area contributed by atoms with Gasteiger partial charge in [0, 0.05) is 51.1 Å². The number of hydrogen-bond donors (Lipinski definition) is 2. The molecule has 4 nitrogen and oxygen atoms in total. The molecule has 2 rings (SSSR count). The van der Waals surface area contributed by atoms with E-state index in [1.807, 2.05) is 33.0 Å². The second-order valence-corrected chi connectivity index (χ2v) is 5.02. The van der Waals surface area contributed by atoms with Gasteiger partial charge in [0.25, 0.3) is 0 Å². The molecule has 0 aliphatic carbocycles. The summed E-state index contributed by atoms with van der Waals surface area (Å²) in [5.41, 5.74) is 0.748. The van der Waals surface area contributed by atoms with E-state index in [9.17, 15) is 9.90 Å². The van der Waals surface area contributed by atoms with Crippen molar-refractivity contribution in [3.63, 3.8) is 0 Å². The van der Waals surface area contributed by atoms with Crippen molar-refractivity contribution < 1.29 is 54.0 Å². The van der Waals surface area contributed by atoms with Crippen LogP contribution in [0.5, 0.6) is 5.75 Å². The van der Waals surface area contributed by atoms with Crippen molar-refractivity contribution in [3.05, 3.63) is 29.8 Å². The van der Waals surface area contributed by atoms with Gasteiger partial charge < -0.3 is 10.0 Å². The second kappa shape index (κ2) is 5.90. The Labute approximate surface area is 143 Å². The molecule has 18 heavy (non-hydrogen) atoms. The van der Waals surface area contributed by atoms with E-state index in [0.717, 1.165) is 5.56 Å². The fourth-order valence-electron chi connectivity index (χ4n) is 2.10. The predicted octanol–water partition coefficient (Wildman–Crippen LogP) is 1.10. The minimum Gasteiger partial charge on any atom is -0.508 e. The molecule has 1 radical (unpaired) electrons. The average Bonchev–Trinajstić information content (AvgIpc) is 2.46. The number of nitrogens with one attached hydrogen (secondary N) is 1. The molecule has 0 unspecified atom stereocenters. The number of likely N-dealkylation sites (N-methyl/N-ethyl adjacent to an activating group) is 1. The number of phenolic OH excluding ortho intramolecular Hbond substituents is 1. The van der Waals surface area contributed by atoms with Crippen LogP contribution in [0.3, 0.4) is 0 Å². The molecule has 1 amide bonds. The molecule has 1 saturated heterocycles. The summed E-state index contributed by atoms with van der Waals surface area (Å²) in [6.45, 7) is 3.98. The maximum Gasteiger partial charge on any atom is 0.241 e. The maximum absolute atomic E-state index is 12.0. The van der Waals surface area contributed by atoms with E-state index in [4.69, 9.17) is 0 Å². The molecule has 1 aliphatic heterocycles. The average molecular weight is 461 g/mol. The molecule has 1 aliphatic rings. The first-order chi connectivity index (χ1) is 7.90. The number of aromatic hydroxyl groups is 1. The molecule has 2 N–H and O–H groups in total. The van der Waals surface area contributed by atoms with Gasteiger partial charge in [-0.3, -0.25) is 10.1 Å². The van der Waals surface area contributed by atoms with E-state index in [1.54, 1.807) is 17.0 Å².